The summed E-state index contributed by atoms with van der Waals surface area (Å²) in [5.74, 6) is 0.196. The molecule has 5 nitrogen and oxygen atoms in total. The molecular formula is C24H31N3O2. The van der Waals surface area contributed by atoms with Crippen molar-refractivity contribution in [3.05, 3.63) is 59.7 Å². The lowest BCUT2D eigenvalue weighted by atomic mass is 9.95. The topological polar surface area (TPSA) is 52.7 Å². The summed E-state index contributed by atoms with van der Waals surface area (Å²) in [6.45, 7) is 10.8. The van der Waals surface area contributed by atoms with Gasteiger partial charge < -0.3 is 15.1 Å². The average Bonchev–Trinajstić information content (AvgIpc) is 2.68. The second-order valence-electron chi connectivity index (χ2n) is 8.78. The van der Waals surface area contributed by atoms with Crippen LogP contribution in [0.2, 0.25) is 0 Å². The van der Waals surface area contributed by atoms with E-state index in [0.717, 1.165) is 43.1 Å². The maximum atomic E-state index is 12.6. The Bertz CT molecular complexity index is 860. The monoisotopic (exact) mass is 393 g/mol. The Morgan fingerprint density at radius 1 is 0.966 bits per heavy atom. The lowest BCUT2D eigenvalue weighted by Crippen LogP contribution is -2.49. The molecule has 1 saturated heterocycles. The van der Waals surface area contributed by atoms with Crippen LogP contribution in [0.1, 0.15) is 31.9 Å². The molecule has 0 unspecified atom stereocenters. The molecule has 1 N–H and O–H groups in total. The van der Waals surface area contributed by atoms with Gasteiger partial charge in [0.2, 0.25) is 11.8 Å². The SMILES string of the molecule is Cc1cccc(CC(=O)N2CCN(c3ccc(NC(=O)C(C)(C)C)cc3)CC2)c1. The highest BCUT2D eigenvalue weighted by atomic mass is 16.2. The predicted molar refractivity (Wildman–Crippen MR) is 118 cm³/mol. The second-order valence-corrected chi connectivity index (χ2v) is 8.78. The van der Waals surface area contributed by atoms with Crippen molar-refractivity contribution in [3.63, 3.8) is 0 Å². The summed E-state index contributed by atoms with van der Waals surface area (Å²) < 4.78 is 0. The molecule has 1 heterocycles. The van der Waals surface area contributed by atoms with Crippen molar-refractivity contribution in [3.8, 4) is 0 Å². The van der Waals surface area contributed by atoms with Crippen LogP contribution in [0.5, 0.6) is 0 Å². The zero-order valence-corrected chi connectivity index (χ0v) is 17.9. The van der Waals surface area contributed by atoms with E-state index in [-0.39, 0.29) is 11.8 Å². The number of piperazine rings is 1. The molecule has 2 aromatic carbocycles. The number of benzene rings is 2. The van der Waals surface area contributed by atoms with Gasteiger partial charge in [0.1, 0.15) is 0 Å². The molecule has 1 aliphatic heterocycles. The molecule has 0 spiro atoms. The van der Waals surface area contributed by atoms with E-state index in [9.17, 15) is 9.59 Å². The molecule has 1 fully saturated rings. The first-order valence-electron chi connectivity index (χ1n) is 10.2. The molecule has 0 atom stereocenters. The van der Waals surface area contributed by atoms with Crippen molar-refractivity contribution in [1.29, 1.82) is 0 Å². The number of nitrogens with one attached hydrogen (secondary N) is 1. The van der Waals surface area contributed by atoms with Crippen molar-refractivity contribution in [2.45, 2.75) is 34.1 Å². The summed E-state index contributed by atoms with van der Waals surface area (Å²) in [4.78, 5) is 29.0. The maximum Gasteiger partial charge on any atom is 0.229 e. The number of carbonyl (C=O) groups excluding carboxylic acids is 2. The lowest BCUT2D eigenvalue weighted by Gasteiger charge is -2.36. The van der Waals surface area contributed by atoms with Gasteiger partial charge in [0, 0.05) is 43.0 Å². The van der Waals surface area contributed by atoms with Gasteiger partial charge in [-0.25, -0.2) is 0 Å². The Labute approximate surface area is 173 Å². The number of aryl methyl sites for hydroxylation is 1. The highest BCUT2D eigenvalue weighted by Gasteiger charge is 2.23. The molecule has 1 aliphatic rings. The van der Waals surface area contributed by atoms with E-state index in [4.69, 9.17) is 0 Å². The summed E-state index contributed by atoms with van der Waals surface area (Å²) in [5.41, 5.74) is 3.76. The van der Waals surface area contributed by atoms with Crippen LogP contribution in [0.4, 0.5) is 11.4 Å². The first kappa shape index (κ1) is 20.9. The Hall–Kier alpha value is -2.82. The van der Waals surface area contributed by atoms with Crippen LogP contribution in [-0.2, 0) is 16.0 Å². The molecule has 0 aromatic heterocycles. The number of nitrogens with zero attached hydrogens (tertiary/aromatic N) is 2. The fraction of sp³-hybridized carbons (Fsp3) is 0.417. The minimum Gasteiger partial charge on any atom is -0.368 e. The number of hydrogen-bond acceptors (Lipinski definition) is 3. The van der Waals surface area contributed by atoms with Crippen molar-refractivity contribution >= 4 is 23.2 Å². The van der Waals surface area contributed by atoms with Gasteiger partial charge in [0.25, 0.3) is 0 Å². The molecule has 3 rings (SSSR count). The largest absolute Gasteiger partial charge is 0.368 e. The van der Waals surface area contributed by atoms with E-state index in [1.807, 2.05) is 75.1 Å². The third-order valence-corrected chi connectivity index (χ3v) is 5.24. The number of hydrogen-bond donors (Lipinski definition) is 1. The van der Waals surface area contributed by atoms with Crippen LogP contribution in [0, 0.1) is 12.3 Å². The molecule has 2 amide bonds. The summed E-state index contributed by atoms with van der Waals surface area (Å²) in [7, 11) is 0. The fourth-order valence-electron chi connectivity index (χ4n) is 3.40. The quantitative estimate of drug-likeness (QED) is 0.858. The molecular weight excluding hydrogens is 362 g/mol. The Kier molecular flexibility index (Phi) is 6.26. The Morgan fingerprint density at radius 3 is 2.21 bits per heavy atom. The van der Waals surface area contributed by atoms with Crippen LogP contribution in [0.15, 0.2) is 48.5 Å². The van der Waals surface area contributed by atoms with Gasteiger partial charge in [0.15, 0.2) is 0 Å². The van der Waals surface area contributed by atoms with Crippen LogP contribution in [0.3, 0.4) is 0 Å². The molecule has 0 saturated carbocycles. The maximum absolute atomic E-state index is 12.6. The fourth-order valence-corrected chi connectivity index (χ4v) is 3.40. The van der Waals surface area contributed by atoms with E-state index in [1.165, 1.54) is 5.56 Å². The third-order valence-electron chi connectivity index (χ3n) is 5.24. The van der Waals surface area contributed by atoms with Crippen LogP contribution in [-0.4, -0.2) is 42.9 Å². The standard InChI is InChI=1S/C24H31N3O2/c1-18-6-5-7-19(16-18)17-22(28)27-14-12-26(13-15-27)21-10-8-20(9-11-21)25-23(29)24(2,3)4/h5-11,16H,12-15,17H2,1-4H3,(H,25,29). The molecule has 0 bridgehead atoms. The van der Waals surface area contributed by atoms with Gasteiger partial charge in [-0.2, -0.15) is 0 Å². The van der Waals surface area contributed by atoms with Gasteiger partial charge in [0.05, 0.1) is 6.42 Å². The van der Waals surface area contributed by atoms with Crippen molar-refractivity contribution in [2.24, 2.45) is 5.41 Å². The van der Waals surface area contributed by atoms with Gasteiger partial charge in [-0.05, 0) is 36.8 Å². The van der Waals surface area contributed by atoms with Crippen molar-refractivity contribution < 1.29 is 9.59 Å². The highest BCUT2D eigenvalue weighted by Crippen LogP contribution is 2.22. The molecule has 154 valence electrons. The van der Waals surface area contributed by atoms with Gasteiger partial charge >= 0.3 is 0 Å². The van der Waals surface area contributed by atoms with E-state index in [1.54, 1.807) is 0 Å². The van der Waals surface area contributed by atoms with E-state index in [2.05, 4.69) is 16.3 Å². The van der Waals surface area contributed by atoms with Gasteiger partial charge in [-0.3, -0.25) is 9.59 Å². The molecule has 2 aromatic rings. The molecule has 29 heavy (non-hydrogen) atoms. The number of amides is 2. The summed E-state index contributed by atoms with van der Waals surface area (Å²) in [5, 5.41) is 2.95. The third kappa shape index (κ3) is 5.59. The molecule has 0 aliphatic carbocycles. The van der Waals surface area contributed by atoms with Crippen LogP contribution >= 0.6 is 0 Å². The van der Waals surface area contributed by atoms with E-state index >= 15 is 0 Å². The summed E-state index contributed by atoms with van der Waals surface area (Å²) in [6, 6.07) is 16.1. The average molecular weight is 394 g/mol. The summed E-state index contributed by atoms with van der Waals surface area (Å²) >= 11 is 0. The van der Waals surface area contributed by atoms with E-state index < -0.39 is 5.41 Å². The minimum absolute atomic E-state index is 0.00554. The van der Waals surface area contributed by atoms with Crippen LogP contribution < -0.4 is 10.2 Å². The first-order chi connectivity index (χ1) is 13.7. The van der Waals surface area contributed by atoms with Gasteiger partial charge in [-0.1, -0.05) is 50.6 Å². The molecule has 0 radical (unpaired) electrons. The second kappa shape index (κ2) is 8.68. The number of rotatable bonds is 4. The zero-order valence-electron chi connectivity index (χ0n) is 17.9. The highest BCUT2D eigenvalue weighted by molar-refractivity contribution is 5.94. The van der Waals surface area contributed by atoms with Crippen molar-refractivity contribution in [2.75, 3.05) is 36.4 Å². The minimum atomic E-state index is -0.417. The Balaban J connectivity index is 1.52. The normalized spacial score (nSPS) is 14.6. The number of anilines is 2. The smallest absolute Gasteiger partial charge is 0.229 e. The summed E-state index contributed by atoms with van der Waals surface area (Å²) in [6.07, 6.45) is 0.462. The molecule has 5 heteroatoms. The number of carbonyl (C=O) groups is 2. The van der Waals surface area contributed by atoms with Crippen molar-refractivity contribution in [1.82, 2.24) is 4.90 Å². The predicted octanol–water partition coefficient (Wildman–Crippen LogP) is 3.87. The van der Waals surface area contributed by atoms with Crippen LogP contribution in [0.25, 0.3) is 0 Å². The van der Waals surface area contributed by atoms with Gasteiger partial charge in [-0.15, -0.1) is 0 Å². The zero-order chi connectivity index (χ0) is 21.0. The Morgan fingerprint density at radius 2 is 1.62 bits per heavy atom. The first-order valence-corrected chi connectivity index (χ1v) is 10.2. The van der Waals surface area contributed by atoms with E-state index in [0.29, 0.717) is 6.42 Å². The lowest BCUT2D eigenvalue weighted by molar-refractivity contribution is -0.130.